The fourth-order valence-corrected chi connectivity index (χ4v) is 5.13. The Bertz CT molecular complexity index is 948. The summed E-state index contributed by atoms with van der Waals surface area (Å²) in [4.78, 5) is 1.92. The molecule has 4 N–H and O–H groups in total. The number of amidine groups is 1. The number of benzene rings is 1. The highest BCUT2D eigenvalue weighted by atomic mass is 32.2. The average molecular weight is 431 g/mol. The Morgan fingerprint density at radius 1 is 1.17 bits per heavy atom. The lowest BCUT2D eigenvalue weighted by Crippen LogP contribution is -2.62. The molecule has 1 aliphatic heterocycles. The third-order valence-electron chi connectivity index (χ3n) is 5.47. The van der Waals surface area contributed by atoms with E-state index in [0.717, 1.165) is 36.0 Å². The van der Waals surface area contributed by atoms with Crippen molar-refractivity contribution in [3.8, 4) is 11.3 Å². The van der Waals surface area contributed by atoms with E-state index >= 15 is 0 Å². The van der Waals surface area contributed by atoms with E-state index in [2.05, 4.69) is 43.2 Å². The summed E-state index contributed by atoms with van der Waals surface area (Å²) in [5, 5.41) is 27.8. The molecule has 0 atom stereocenters. The van der Waals surface area contributed by atoms with Gasteiger partial charge in [-0.25, -0.2) is 4.39 Å². The van der Waals surface area contributed by atoms with E-state index in [-0.39, 0.29) is 32.9 Å². The van der Waals surface area contributed by atoms with E-state index in [1.807, 2.05) is 24.9 Å². The SMILES string of the molecule is Cc1cc(-c2ccc(C(=N)SC(=N)N(C)C3CC(C)(C)NC(C)(C)C3)c(F)c2)[nH]n1. The minimum absolute atomic E-state index is 0.0316. The minimum Gasteiger partial charge on any atom is -0.351 e. The van der Waals surface area contributed by atoms with E-state index in [9.17, 15) is 4.39 Å². The first-order valence-electron chi connectivity index (χ1n) is 10.1. The summed E-state index contributed by atoms with van der Waals surface area (Å²) >= 11 is 0.987. The number of thioether (sulfide) groups is 1. The number of aromatic nitrogens is 2. The molecule has 0 radical (unpaired) electrons. The molecule has 0 amide bonds. The molecule has 0 unspecified atom stereocenters. The highest BCUT2D eigenvalue weighted by molar-refractivity contribution is 8.26. The number of hydrogen-bond donors (Lipinski definition) is 4. The second-order valence-electron chi connectivity index (χ2n) is 9.42. The van der Waals surface area contributed by atoms with Gasteiger partial charge in [0.1, 0.15) is 10.9 Å². The molecule has 0 saturated carbocycles. The smallest absolute Gasteiger partial charge is 0.162 e. The summed E-state index contributed by atoms with van der Waals surface area (Å²) in [5.74, 6) is -0.475. The Morgan fingerprint density at radius 2 is 1.80 bits per heavy atom. The maximum absolute atomic E-state index is 14.7. The second kappa shape index (κ2) is 8.15. The predicted octanol–water partition coefficient (Wildman–Crippen LogP) is 4.76. The summed E-state index contributed by atoms with van der Waals surface area (Å²) in [6.45, 7) is 10.6. The molecule has 8 heteroatoms. The van der Waals surface area contributed by atoms with Gasteiger partial charge in [0, 0.05) is 35.3 Å². The van der Waals surface area contributed by atoms with Crippen molar-refractivity contribution < 1.29 is 4.39 Å². The first-order valence-corrected chi connectivity index (χ1v) is 10.9. The monoisotopic (exact) mass is 430 g/mol. The first kappa shape index (κ1) is 22.5. The third-order valence-corrected chi connectivity index (χ3v) is 6.37. The molecule has 0 aliphatic carbocycles. The number of aromatic amines is 1. The first-order chi connectivity index (χ1) is 13.9. The molecular formula is C22H31FN6S. The third kappa shape index (κ3) is 5.10. The molecule has 0 bridgehead atoms. The van der Waals surface area contributed by atoms with Crippen LogP contribution in [0.2, 0.25) is 0 Å². The maximum atomic E-state index is 14.7. The zero-order valence-corrected chi connectivity index (χ0v) is 19.3. The molecule has 1 fully saturated rings. The molecule has 30 heavy (non-hydrogen) atoms. The van der Waals surface area contributed by atoms with Gasteiger partial charge >= 0.3 is 0 Å². The normalized spacial score (nSPS) is 18.2. The number of rotatable bonds is 3. The predicted molar refractivity (Wildman–Crippen MR) is 123 cm³/mol. The molecule has 2 heterocycles. The van der Waals surface area contributed by atoms with Gasteiger partial charge in [-0.3, -0.25) is 15.9 Å². The molecule has 1 saturated heterocycles. The van der Waals surface area contributed by atoms with Crippen LogP contribution in [0.3, 0.4) is 0 Å². The fourth-order valence-electron chi connectivity index (χ4n) is 4.37. The van der Waals surface area contributed by atoms with E-state index < -0.39 is 5.82 Å². The van der Waals surface area contributed by atoms with Gasteiger partial charge in [-0.1, -0.05) is 6.07 Å². The van der Waals surface area contributed by atoms with E-state index in [0.29, 0.717) is 5.56 Å². The minimum atomic E-state index is -0.475. The standard InChI is InChI=1S/C22H31FN6S/c1-13-9-18(27-26-13)14-7-8-16(17(23)10-14)19(24)30-20(25)29(6)15-11-21(2,3)28-22(4,5)12-15/h7-10,15,24-25,28H,11-12H2,1-6H3,(H,26,27). The molecule has 1 aromatic heterocycles. The van der Waals surface area contributed by atoms with Gasteiger partial charge in [0.15, 0.2) is 5.17 Å². The van der Waals surface area contributed by atoms with Crippen LogP contribution in [0.15, 0.2) is 24.3 Å². The second-order valence-corrected chi connectivity index (χ2v) is 10.4. The van der Waals surface area contributed by atoms with Crippen LogP contribution in [0.5, 0.6) is 0 Å². The van der Waals surface area contributed by atoms with Crippen LogP contribution in [-0.4, -0.2) is 49.5 Å². The van der Waals surface area contributed by atoms with E-state index in [1.54, 1.807) is 12.1 Å². The molecule has 6 nitrogen and oxygen atoms in total. The van der Waals surface area contributed by atoms with Gasteiger partial charge in [0.2, 0.25) is 0 Å². The quantitative estimate of drug-likeness (QED) is 0.417. The molecule has 2 aromatic rings. The molecular weight excluding hydrogens is 399 g/mol. The summed E-state index contributed by atoms with van der Waals surface area (Å²) in [7, 11) is 1.89. The van der Waals surface area contributed by atoms with Crippen LogP contribution >= 0.6 is 11.8 Å². The van der Waals surface area contributed by atoms with Gasteiger partial charge in [-0.05, 0) is 77.4 Å². The van der Waals surface area contributed by atoms with Crippen molar-refractivity contribution in [1.82, 2.24) is 20.4 Å². The summed E-state index contributed by atoms with van der Waals surface area (Å²) < 4.78 is 14.7. The number of piperidine rings is 1. The van der Waals surface area contributed by atoms with Gasteiger partial charge in [-0.15, -0.1) is 0 Å². The van der Waals surface area contributed by atoms with Crippen molar-refractivity contribution in [2.75, 3.05) is 7.05 Å². The van der Waals surface area contributed by atoms with Crippen molar-refractivity contribution in [3.05, 3.63) is 41.3 Å². The molecule has 1 aliphatic rings. The highest BCUT2D eigenvalue weighted by Gasteiger charge is 2.39. The zero-order chi connectivity index (χ0) is 22.3. The van der Waals surface area contributed by atoms with E-state index in [1.165, 1.54) is 6.07 Å². The van der Waals surface area contributed by atoms with Crippen LogP contribution in [0.1, 0.15) is 51.8 Å². The topological polar surface area (TPSA) is 91.7 Å². The fraction of sp³-hybridized carbons (Fsp3) is 0.500. The Labute approximate surface area is 182 Å². The molecule has 3 rings (SSSR count). The van der Waals surface area contributed by atoms with Crippen LogP contribution in [-0.2, 0) is 0 Å². The summed E-state index contributed by atoms with van der Waals surface area (Å²) in [6.07, 6.45) is 1.80. The summed E-state index contributed by atoms with van der Waals surface area (Å²) in [6, 6.07) is 6.80. The maximum Gasteiger partial charge on any atom is 0.162 e. The van der Waals surface area contributed by atoms with Crippen LogP contribution < -0.4 is 5.32 Å². The largest absolute Gasteiger partial charge is 0.351 e. The Morgan fingerprint density at radius 3 is 2.33 bits per heavy atom. The number of nitrogens with one attached hydrogen (secondary N) is 4. The zero-order valence-electron chi connectivity index (χ0n) is 18.5. The van der Waals surface area contributed by atoms with Gasteiger partial charge in [-0.2, -0.15) is 5.10 Å². The van der Waals surface area contributed by atoms with Crippen LogP contribution in [0.25, 0.3) is 11.3 Å². The molecule has 1 aromatic carbocycles. The Balaban J connectivity index is 1.70. The van der Waals surface area contributed by atoms with Crippen molar-refractivity contribution in [1.29, 1.82) is 10.8 Å². The Hall–Kier alpha value is -2.19. The van der Waals surface area contributed by atoms with Crippen molar-refractivity contribution in [2.45, 2.75) is 64.6 Å². The highest BCUT2D eigenvalue weighted by Crippen LogP contribution is 2.32. The van der Waals surface area contributed by atoms with Crippen LogP contribution in [0, 0.1) is 23.6 Å². The van der Waals surface area contributed by atoms with Crippen LogP contribution in [0.4, 0.5) is 4.39 Å². The van der Waals surface area contributed by atoms with Gasteiger partial charge < -0.3 is 10.2 Å². The lowest BCUT2D eigenvalue weighted by atomic mass is 9.79. The van der Waals surface area contributed by atoms with Crippen molar-refractivity contribution in [3.63, 3.8) is 0 Å². The number of aryl methyl sites for hydroxylation is 1. The number of halogens is 1. The lowest BCUT2D eigenvalue weighted by molar-refractivity contribution is 0.114. The molecule has 162 valence electrons. The number of H-pyrrole nitrogens is 1. The van der Waals surface area contributed by atoms with Gasteiger partial charge in [0.25, 0.3) is 0 Å². The lowest BCUT2D eigenvalue weighted by Gasteiger charge is -2.49. The summed E-state index contributed by atoms with van der Waals surface area (Å²) in [5.41, 5.74) is 2.38. The van der Waals surface area contributed by atoms with Crippen molar-refractivity contribution in [2.24, 2.45) is 0 Å². The molecule has 0 spiro atoms. The van der Waals surface area contributed by atoms with E-state index in [4.69, 9.17) is 10.8 Å². The average Bonchev–Trinajstić information content (AvgIpc) is 3.04. The van der Waals surface area contributed by atoms with Gasteiger partial charge in [0.05, 0.1) is 11.4 Å². The Kier molecular flexibility index (Phi) is 6.11. The van der Waals surface area contributed by atoms with Crippen molar-refractivity contribution >= 4 is 22.0 Å². The number of nitrogens with zero attached hydrogens (tertiary/aromatic N) is 2. The number of hydrogen-bond acceptors (Lipinski definition) is 5.